The van der Waals surface area contributed by atoms with Crippen LogP contribution in [0.4, 0.5) is 4.39 Å². The minimum absolute atomic E-state index is 0.0604. The zero-order chi connectivity index (χ0) is 28.2. The molecule has 1 fully saturated rings. The molecule has 1 amide bonds. The van der Waals surface area contributed by atoms with Crippen molar-refractivity contribution in [3.8, 4) is 28.8 Å². The van der Waals surface area contributed by atoms with E-state index in [1.165, 1.54) is 21.8 Å². The predicted octanol–water partition coefficient (Wildman–Crippen LogP) is 2.97. The van der Waals surface area contributed by atoms with Crippen LogP contribution in [0.3, 0.4) is 0 Å². The standard InChI is InChI=1S/C25H23ClFN5O6S/c1-17-23(25(33)29-30-11-14-39(36,37)15-12-30)28-31(22-10-9-20(27)16-21(22)26)24(17)19-7-5-18(6-8-19)4-2-3-13-38-32(34)35/h5-10,16H,3,11-15H2,1H3,(H,29,33). The summed E-state index contributed by atoms with van der Waals surface area (Å²) in [6.07, 6.45) is 0.180. The van der Waals surface area contributed by atoms with Crippen LogP contribution in [-0.4, -0.2) is 65.4 Å². The zero-order valence-corrected chi connectivity index (χ0v) is 22.3. The van der Waals surface area contributed by atoms with Crippen LogP contribution in [0.15, 0.2) is 42.5 Å². The summed E-state index contributed by atoms with van der Waals surface area (Å²) in [5.41, 5.74) is 5.55. The number of benzene rings is 2. The van der Waals surface area contributed by atoms with Crippen LogP contribution in [0.2, 0.25) is 5.02 Å². The van der Waals surface area contributed by atoms with Crippen LogP contribution in [0.1, 0.15) is 28.0 Å². The Morgan fingerprint density at radius 3 is 2.56 bits per heavy atom. The lowest BCUT2D eigenvalue weighted by Crippen LogP contribution is -2.50. The maximum atomic E-state index is 13.8. The van der Waals surface area contributed by atoms with Gasteiger partial charge in [0.05, 0.1) is 27.9 Å². The van der Waals surface area contributed by atoms with E-state index in [4.69, 9.17) is 11.6 Å². The molecule has 204 valence electrons. The summed E-state index contributed by atoms with van der Waals surface area (Å²) in [7, 11) is -3.12. The Morgan fingerprint density at radius 1 is 1.23 bits per heavy atom. The van der Waals surface area contributed by atoms with Gasteiger partial charge in [-0.3, -0.25) is 10.2 Å². The molecule has 0 radical (unpaired) electrons. The van der Waals surface area contributed by atoms with Gasteiger partial charge in [-0.2, -0.15) is 5.10 Å². The molecule has 0 saturated carbocycles. The van der Waals surface area contributed by atoms with Gasteiger partial charge in [-0.15, -0.1) is 10.1 Å². The first-order valence-corrected chi connectivity index (χ1v) is 13.9. The van der Waals surface area contributed by atoms with Gasteiger partial charge in [-0.25, -0.2) is 22.5 Å². The van der Waals surface area contributed by atoms with E-state index in [0.29, 0.717) is 28.1 Å². The molecule has 1 aliphatic rings. The maximum absolute atomic E-state index is 13.8. The van der Waals surface area contributed by atoms with Gasteiger partial charge in [0.15, 0.2) is 15.5 Å². The Balaban J connectivity index is 1.65. The predicted molar refractivity (Wildman–Crippen MR) is 141 cm³/mol. The van der Waals surface area contributed by atoms with Crippen molar-refractivity contribution < 1.29 is 27.5 Å². The van der Waals surface area contributed by atoms with Crippen LogP contribution in [0.25, 0.3) is 16.9 Å². The second kappa shape index (κ2) is 11.8. The minimum atomic E-state index is -3.12. The Morgan fingerprint density at radius 2 is 1.92 bits per heavy atom. The fourth-order valence-electron chi connectivity index (χ4n) is 3.95. The third kappa shape index (κ3) is 6.91. The number of amides is 1. The Labute approximate surface area is 228 Å². The molecule has 0 unspecified atom stereocenters. The van der Waals surface area contributed by atoms with E-state index in [0.717, 1.165) is 6.07 Å². The summed E-state index contributed by atoms with van der Waals surface area (Å²) >= 11 is 6.34. The highest BCUT2D eigenvalue weighted by Crippen LogP contribution is 2.32. The highest BCUT2D eigenvalue weighted by molar-refractivity contribution is 7.91. The molecule has 11 nitrogen and oxygen atoms in total. The summed E-state index contributed by atoms with van der Waals surface area (Å²) in [6.45, 7) is 1.90. The molecule has 1 N–H and O–H groups in total. The summed E-state index contributed by atoms with van der Waals surface area (Å²) in [5.74, 6) is 4.52. The first-order valence-electron chi connectivity index (χ1n) is 11.7. The number of carbonyl (C=O) groups is 1. The zero-order valence-electron chi connectivity index (χ0n) is 20.7. The number of nitrogens with zero attached hydrogens (tertiary/aromatic N) is 4. The molecule has 4 rings (SSSR count). The van der Waals surface area contributed by atoms with Crippen molar-refractivity contribution in [2.24, 2.45) is 0 Å². The van der Waals surface area contributed by atoms with Crippen molar-refractivity contribution in [2.75, 3.05) is 31.2 Å². The summed E-state index contributed by atoms with van der Waals surface area (Å²) in [4.78, 5) is 27.6. The first-order chi connectivity index (χ1) is 18.5. The quantitative estimate of drug-likeness (QED) is 0.196. The molecule has 1 saturated heterocycles. The highest BCUT2D eigenvalue weighted by Gasteiger charge is 2.27. The van der Waals surface area contributed by atoms with Gasteiger partial charge in [-0.1, -0.05) is 35.6 Å². The highest BCUT2D eigenvalue weighted by atomic mass is 35.5. The third-order valence-corrected chi connectivity index (χ3v) is 7.81. The average Bonchev–Trinajstić information content (AvgIpc) is 3.22. The van der Waals surface area contributed by atoms with Crippen LogP contribution in [-0.2, 0) is 14.7 Å². The number of hydrogen-bond donors (Lipinski definition) is 1. The number of halogens is 2. The average molecular weight is 576 g/mol. The fourth-order valence-corrected chi connectivity index (χ4v) is 5.39. The molecule has 1 aromatic heterocycles. The van der Waals surface area contributed by atoms with E-state index in [1.807, 2.05) is 0 Å². The van der Waals surface area contributed by atoms with E-state index < -0.39 is 26.6 Å². The number of hydrazine groups is 1. The molecular weight excluding hydrogens is 553 g/mol. The molecule has 0 bridgehead atoms. The maximum Gasteiger partial charge on any atom is 0.294 e. The molecule has 14 heteroatoms. The van der Waals surface area contributed by atoms with Crippen molar-refractivity contribution in [1.29, 1.82) is 0 Å². The molecule has 2 aromatic carbocycles. The number of sulfone groups is 1. The molecular formula is C25H23ClFN5O6S. The van der Waals surface area contributed by atoms with E-state index in [2.05, 4.69) is 27.2 Å². The van der Waals surface area contributed by atoms with Crippen molar-refractivity contribution >= 4 is 27.3 Å². The summed E-state index contributed by atoms with van der Waals surface area (Å²) in [5, 5.41) is 15.5. The molecule has 0 spiro atoms. The van der Waals surface area contributed by atoms with Crippen LogP contribution in [0.5, 0.6) is 0 Å². The van der Waals surface area contributed by atoms with Gasteiger partial charge in [0, 0.05) is 36.2 Å². The van der Waals surface area contributed by atoms with Crippen LogP contribution in [0, 0.1) is 34.7 Å². The summed E-state index contributed by atoms with van der Waals surface area (Å²) < 4.78 is 38.7. The normalized spacial score (nSPS) is 14.7. The number of aromatic nitrogens is 2. The minimum Gasteiger partial charge on any atom is -0.313 e. The lowest BCUT2D eigenvalue weighted by Gasteiger charge is -2.26. The Hall–Kier alpha value is -3.99. The van der Waals surface area contributed by atoms with Gasteiger partial charge in [-0.05, 0) is 37.3 Å². The molecule has 2 heterocycles. The lowest BCUT2D eigenvalue weighted by molar-refractivity contribution is -0.757. The molecule has 0 atom stereocenters. The number of carbonyl (C=O) groups excluding carboxylic acids is 1. The lowest BCUT2D eigenvalue weighted by atomic mass is 10.0. The SMILES string of the molecule is Cc1c(C(=O)NN2CCS(=O)(=O)CC2)nn(-c2ccc(F)cc2Cl)c1-c1ccc(C#CCCO[N+](=O)[O-])cc1. The molecule has 1 aliphatic heterocycles. The second-order valence-corrected chi connectivity index (χ2v) is 11.3. The van der Waals surface area contributed by atoms with Crippen molar-refractivity contribution in [3.05, 3.63) is 80.2 Å². The second-order valence-electron chi connectivity index (χ2n) is 8.60. The topological polar surface area (TPSA) is 137 Å². The number of hydrogen-bond acceptors (Lipinski definition) is 8. The van der Waals surface area contributed by atoms with Crippen molar-refractivity contribution in [2.45, 2.75) is 13.3 Å². The first kappa shape index (κ1) is 28.0. The number of nitrogens with one attached hydrogen (secondary N) is 1. The van der Waals surface area contributed by atoms with Gasteiger partial charge in [0.1, 0.15) is 12.4 Å². The Kier molecular flexibility index (Phi) is 8.49. The van der Waals surface area contributed by atoms with E-state index in [9.17, 15) is 27.7 Å². The largest absolute Gasteiger partial charge is 0.313 e. The number of rotatable bonds is 7. The van der Waals surface area contributed by atoms with Crippen molar-refractivity contribution in [1.82, 2.24) is 20.2 Å². The fraction of sp³-hybridized carbons (Fsp3) is 0.280. The molecule has 0 aliphatic carbocycles. The van der Waals surface area contributed by atoms with E-state index in [1.54, 1.807) is 31.2 Å². The smallest absolute Gasteiger partial charge is 0.294 e. The van der Waals surface area contributed by atoms with Gasteiger partial charge >= 0.3 is 0 Å². The van der Waals surface area contributed by atoms with Gasteiger partial charge < -0.3 is 4.84 Å². The van der Waals surface area contributed by atoms with Crippen molar-refractivity contribution in [3.63, 3.8) is 0 Å². The molecule has 3 aromatic rings. The third-order valence-electron chi connectivity index (χ3n) is 5.89. The monoisotopic (exact) mass is 575 g/mol. The van der Waals surface area contributed by atoms with E-state index >= 15 is 0 Å². The Bertz CT molecular complexity index is 1570. The van der Waals surface area contributed by atoms with Gasteiger partial charge in [0.25, 0.3) is 11.0 Å². The molecule has 39 heavy (non-hydrogen) atoms. The van der Waals surface area contributed by atoms with E-state index in [-0.39, 0.29) is 48.3 Å². The van der Waals surface area contributed by atoms with Gasteiger partial charge in [0.2, 0.25) is 0 Å². The summed E-state index contributed by atoms with van der Waals surface area (Å²) in [6, 6.07) is 10.9. The van der Waals surface area contributed by atoms with Crippen LogP contribution >= 0.6 is 11.6 Å². The van der Waals surface area contributed by atoms with Crippen LogP contribution < -0.4 is 5.43 Å².